The average Bonchev–Trinajstić information content (AvgIpc) is 3.24. The number of hydrogen-bond acceptors (Lipinski definition) is 4. The maximum absolute atomic E-state index is 13.3. The van der Waals surface area contributed by atoms with Crippen LogP contribution in [0, 0.1) is 5.41 Å². The summed E-state index contributed by atoms with van der Waals surface area (Å²) in [5, 5.41) is 0.580. The van der Waals surface area contributed by atoms with Gasteiger partial charge in [0.2, 0.25) is 0 Å². The predicted octanol–water partition coefficient (Wildman–Crippen LogP) is 7.63. The summed E-state index contributed by atoms with van der Waals surface area (Å²) in [6.07, 6.45) is -0.790. The van der Waals surface area contributed by atoms with Crippen molar-refractivity contribution in [2.45, 2.75) is 39.8 Å². The van der Waals surface area contributed by atoms with Gasteiger partial charge in [0.05, 0.1) is 17.6 Å². The van der Waals surface area contributed by atoms with E-state index in [2.05, 4.69) is 30.7 Å². The molecule has 0 amide bonds. The average molecular weight is 501 g/mol. The second-order valence-corrected chi connectivity index (χ2v) is 9.92. The third-order valence-electron chi connectivity index (χ3n) is 5.66. The van der Waals surface area contributed by atoms with E-state index in [9.17, 15) is 18.0 Å². The number of allylic oxidation sites excluding steroid dienone is 1. The van der Waals surface area contributed by atoms with E-state index >= 15 is 0 Å². The Morgan fingerprint density at radius 3 is 2.51 bits per heavy atom. The van der Waals surface area contributed by atoms with Crippen molar-refractivity contribution in [3.05, 3.63) is 76.5 Å². The van der Waals surface area contributed by atoms with Crippen molar-refractivity contribution < 1.29 is 22.7 Å². The van der Waals surface area contributed by atoms with Crippen molar-refractivity contribution in [2.24, 2.45) is 10.4 Å². The Bertz CT molecular complexity index is 1350. The van der Waals surface area contributed by atoms with Crippen LogP contribution in [-0.2, 0) is 17.4 Å². The minimum absolute atomic E-state index is 0.0250. The van der Waals surface area contributed by atoms with Gasteiger partial charge in [-0.3, -0.25) is 14.8 Å². The summed E-state index contributed by atoms with van der Waals surface area (Å²) in [5.41, 5.74) is 1.55. The first-order valence-electron chi connectivity index (χ1n) is 11.1. The highest BCUT2D eigenvalue weighted by Crippen LogP contribution is 2.38. The molecule has 0 aliphatic carbocycles. The molecule has 35 heavy (non-hydrogen) atoms. The quantitative estimate of drug-likeness (QED) is 0.349. The zero-order valence-corrected chi connectivity index (χ0v) is 20.3. The topological polar surface area (TPSA) is 51.5 Å². The molecule has 0 spiro atoms. The van der Waals surface area contributed by atoms with E-state index in [4.69, 9.17) is 16.3 Å². The summed E-state index contributed by atoms with van der Waals surface area (Å²) in [6, 6.07) is 10.2. The van der Waals surface area contributed by atoms with Crippen LogP contribution in [0.4, 0.5) is 13.2 Å². The molecule has 2 aromatic carbocycles. The van der Waals surface area contributed by atoms with Gasteiger partial charge in [-0.15, -0.1) is 0 Å². The molecule has 2 heterocycles. The predicted molar refractivity (Wildman–Crippen MR) is 131 cm³/mol. The summed E-state index contributed by atoms with van der Waals surface area (Å²) >= 11 is 6.41. The zero-order chi connectivity index (χ0) is 25.4. The maximum atomic E-state index is 13.3. The molecule has 0 unspecified atom stereocenters. The molecular formula is C27H24ClF3N2O2. The van der Waals surface area contributed by atoms with E-state index in [0.717, 1.165) is 17.4 Å². The molecule has 1 aliphatic rings. The Kier molecular flexibility index (Phi) is 6.73. The standard InChI is InChI=1S/C27H24ClF3N2O2/c1-26(2,3)24-12-16(15-33-24)11-18(34)13-17-7-8-19(14-22(17)28)35-23-9-10-32-25-20(23)5-4-6-21(25)27(29,30)31/h4-10,12,14H,11,13,15H2,1-3H3. The summed E-state index contributed by atoms with van der Waals surface area (Å²) in [4.78, 5) is 21.1. The van der Waals surface area contributed by atoms with Gasteiger partial charge in [-0.1, -0.05) is 44.5 Å². The highest BCUT2D eigenvalue weighted by Gasteiger charge is 2.33. The molecule has 3 aromatic rings. The monoisotopic (exact) mass is 500 g/mol. The maximum Gasteiger partial charge on any atom is 0.418 e. The number of nitrogens with zero attached hydrogens (tertiary/aromatic N) is 2. The summed E-state index contributed by atoms with van der Waals surface area (Å²) in [7, 11) is 0. The van der Waals surface area contributed by atoms with Gasteiger partial charge in [0.15, 0.2) is 0 Å². The number of carbonyl (C=O) groups is 1. The van der Waals surface area contributed by atoms with Crippen molar-refractivity contribution in [2.75, 3.05) is 6.54 Å². The normalized spacial score (nSPS) is 14.1. The molecule has 0 radical (unpaired) electrons. The molecule has 4 nitrogen and oxygen atoms in total. The summed E-state index contributed by atoms with van der Waals surface area (Å²) in [6.45, 7) is 6.79. The molecule has 0 saturated heterocycles. The SMILES string of the molecule is CC(C)(C)C1=NCC(CC(=O)Cc2ccc(Oc3ccnc4c(C(F)(F)F)cccc34)cc2Cl)=C1. The number of carbonyl (C=O) groups excluding carboxylic acids is 1. The van der Waals surface area contributed by atoms with Gasteiger partial charge in [0, 0.05) is 40.6 Å². The molecule has 1 aliphatic heterocycles. The molecule has 0 saturated carbocycles. The molecule has 4 rings (SSSR count). The molecule has 0 atom stereocenters. The fraction of sp³-hybridized carbons (Fsp3) is 0.296. The highest BCUT2D eigenvalue weighted by molar-refractivity contribution is 6.31. The van der Waals surface area contributed by atoms with Gasteiger partial charge in [0.25, 0.3) is 0 Å². The number of alkyl halides is 3. The van der Waals surface area contributed by atoms with Gasteiger partial charge in [-0.05, 0) is 47.5 Å². The Labute approximate surface area is 206 Å². The first-order chi connectivity index (χ1) is 16.4. The van der Waals surface area contributed by atoms with Crippen molar-refractivity contribution >= 4 is 34.0 Å². The lowest BCUT2D eigenvalue weighted by Gasteiger charge is -2.16. The van der Waals surface area contributed by atoms with Crippen LogP contribution in [-0.4, -0.2) is 23.0 Å². The van der Waals surface area contributed by atoms with E-state index in [1.54, 1.807) is 18.2 Å². The Morgan fingerprint density at radius 1 is 1.09 bits per heavy atom. The van der Waals surface area contributed by atoms with Gasteiger partial charge in [-0.2, -0.15) is 13.2 Å². The van der Waals surface area contributed by atoms with Crippen LogP contribution in [0.15, 0.2) is 65.3 Å². The summed E-state index contributed by atoms with van der Waals surface area (Å²) in [5.74, 6) is 0.596. The number of rotatable bonds is 6. The van der Waals surface area contributed by atoms with Crippen LogP contribution >= 0.6 is 11.6 Å². The molecule has 1 aromatic heterocycles. The number of fused-ring (bicyclic) bond motifs is 1. The minimum Gasteiger partial charge on any atom is -0.457 e. The van der Waals surface area contributed by atoms with Gasteiger partial charge in [-0.25, -0.2) is 0 Å². The van der Waals surface area contributed by atoms with Crippen molar-refractivity contribution in [1.29, 1.82) is 0 Å². The zero-order valence-electron chi connectivity index (χ0n) is 19.5. The van der Waals surface area contributed by atoms with Crippen LogP contribution in [0.1, 0.15) is 38.3 Å². The van der Waals surface area contributed by atoms with Crippen LogP contribution in [0.25, 0.3) is 10.9 Å². The number of para-hydroxylation sites is 1. The van der Waals surface area contributed by atoms with E-state index < -0.39 is 11.7 Å². The second-order valence-electron chi connectivity index (χ2n) is 9.51. The van der Waals surface area contributed by atoms with Gasteiger partial charge < -0.3 is 4.74 Å². The van der Waals surface area contributed by atoms with Crippen molar-refractivity contribution in [3.63, 3.8) is 0 Å². The Hall–Kier alpha value is -3.19. The van der Waals surface area contributed by atoms with Crippen molar-refractivity contribution in [3.8, 4) is 11.5 Å². The largest absolute Gasteiger partial charge is 0.457 e. The van der Waals surface area contributed by atoms with Crippen LogP contribution in [0.2, 0.25) is 5.02 Å². The molecule has 182 valence electrons. The smallest absolute Gasteiger partial charge is 0.418 e. The van der Waals surface area contributed by atoms with E-state index in [-0.39, 0.29) is 34.3 Å². The number of ketones is 1. The number of hydrogen-bond donors (Lipinski definition) is 0. The fourth-order valence-electron chi connectivity index (χ4n) is 3.89. The number of halogens is 4. The molecule has 0 bridgehead atoms. The van der Waals surface area contributed by atoms with Gasteiger partial charge in [0.1, 0.15) is 17.3 Å². The number of Topliss-reactive ketones (excluding diaryl/α,β-unsaturated/α-hetero) is 1. The lowest BCUT2D eigenvalue weighted by Crippen LogP contribution is -2.16. The Morgan fingerprint density at radius 2 is 1.86 bits per heavy atom. The minimum atomic E-state index is -4.53. The van der Waals surface area contributed by atoms with E-state index in [1.807, 2.05) is 6.08 Å². The first-order valence-corrected chi connectivity index (χ1v) is 11.5. The van der Waals surface area contributed by atoms with Crippen LogP contribution < -0.4 is 4.74 Å². The highest BCUT2D eigenvalue weighted by atomic mass is 35.5. The molecular weight excluding hydrogens is 477 g/mol. The number of aliphatic imine (C=N–C) groups is 1. The molecule has 0 fully saturated rings. The number of benzene rings is 2. The molecule has 0 N–H and O–H groups in total. The third kappa shape index (κ3) is 5.73. The third-order valence-corrected chi connectivity index (χ3v) is 6.01. The second kappa shape index (κ2) is 9.46. The number of pyridine rings is 1. The van der Waals surface area contributed by atoms with Crippen LogP contribution in [0.3, 0.4) is 0 Å². The lowest BCUT2D eigenvalue weighted by molar-refractivity contribution is -0.136. The number of aromatic nitrogens is 1. The Balaban J connectivity index is 1.48. The van der Waals surface area contributed by atoms with Crippen LogP contribution in [0.5, 0.6) is 11.5 Å². The fourth-order valence-corrected chi connectivity index (χ4v) is 4.13. The van der Waals surface area contributed by atoms with E-state index in [1.165, 1.54) is 24.4 Å². The lowest BCUT2D eigenvalue weighted by atomic mass is 9.89. The first kappa shape index (κ1) is 24.9. The van der Waals surface area contributed by atoms with Crippen molar-refractivity contribution in [1.82, 2.24) is 4.98 Å². The summed E-state index contributed by atoms with van der Waals surface area (Å²) < 4.78 is 45.9. The van der Waals surface area contributed by atoms with Gasteiger partial charge >= 0.3 is 6.18 Å². The number of ether oxygens (including phenoxy) is 1. The van der Waals surface area contributed by atoms with E-state index in [0.29, 0.717) is 29.3 Å². The molecule has 8 heteroatoms.